The van der Waals surface area contributed by atoms with Gasteiger partial charge in [-0.2, -0.15) is 0 Å². The van der Waals surface area contributed by atoms with E-state index < -0.39 is 0 Å². The SMILES string of the molecule is CCCCCCCCCCCCNC(=O)C([NH3+])Cc1c[nH]c2ccccc12. The molecule has 4 heteroatoms. The van der Waals surface area contributed by atoms with Crippen LogP contribution >= 0.6 is 0 Å². The predicted octanol–water partition coefficient (Wildman–Crippen LogP) is 4.36. The molecule has 1 heterocycles. The Morgan fingerprint density at radius 2 is 1.63 bits per heavy atom. The molecule has 150 valence electrons. The molecule has 2 rings (SSSR count). The van der Waals surface area contributed by atoms with Gasteiger partial charge in [0.1, 0.15) is 0 Å². The maximum absolute atomic E-state index is 12.3. The van der Waals surface area contributed by atoms with E-state index in [2.05, 4.69) is 35.1 Å². The Hall–Kier alpha value is -1.81. The van der Waals surface area contributed by atoms with Crippen LogP contribution in [0.2, 0.25) is 0 Å². The number of carbonyl (C=O) groups excluding carboxylic acids is 1. The number of hydrogen-bond acceptors (Lipinski definition) is 1. The van der Waals surface area contributed by atoms with Gasteiger partial charge in [0.05, 0.1) is 0 Å². The first kappa shape index (κ1) is 21.5. The molecule has 0 bridgehead atoms. The van der Waals surface area contributed by atoms with E-state index in [0.29, 0.717) is 6.42 Å². The minimum atomic E-state index is -0.243. The number of unbranched alkanes of at least 4 members (excludes halogenated alkanes) is 9. The van der Waals surface area contributed by atoms with Crippen LogP contribution in [0.3, 0.4) is 0 Å². The number of nitrogens with one attached hydrogen (secondary N) is 2. The van der Waals surface area contributed by atoms with Crippen molar-refractivity contribution in [2.45, 2.75) is 83.6 Å². The summed E-state index contributed by atoms with van der Waals surface area (Å²) < 4.78 is 0. The number of quaternary nitrogens is 1. The molecule has 0 aliphatic heterocycles. The Morgan fingerprint density at radius 1 is 1.00 bits per heavy atom. The van der Waals surface area contributed by atoms with Crippen LogP contribution < -0.4 is 11.1 Å². The highest BCUT2D eigenvalue weighted by atomic mass is 16.2. The largest absolute Gasteiger partial charge is 0.361 e. The molecule has 0 fully saturated rings. The first-order valence-corrected chi connectivity index (χ1v) is 10.9. The Balaban J connectivity index is 1.53. The molecular weight excluding hydrogens is 334 g/mol. The molecule has 0 radical (unpaired) electrons. The van der Waals surface area contributed by atoms with Crippen molar-refractivity contribution in [2.24, 2.45) is 0 Å². The van der Waals surface area contributed by atoms with Crippen LogP contribution in [0.1, 0.15) is 76.7 Å². The summed E-state index contributed by atoms with van der Waals surface area (Å²) in [7, 11) is 0. The third-order valence-electron chi connectivity index (χ3n) is 5.34. The molecule has 1 aromatic carbocycles. The minimum Gasteiger partial charge on any atom is -0.361 e. The van der Waals surface area contributed by atoms with Gasteiger partial charge in [-0.25, -0.2) is 0 Å². The molecule has 0 saturated carbocycles. The molecule has 1 amide bonds. The summed E-state index contributed by atoms with van der Waals surface area (Å²) in [6, 6.07) is 7.96. The molecule has 0 aliphatic carbocycles. The zero-order valence-electron chi connectivity index (χ0n) is 17.1. The molecule has 1 atom stereocenters. The average molecular weight is 373 g/mol. The van der Waals surface area contributed by atoms with Gasteiger partial charge in [-0.3, -0.25) is 4.79 Å². The number of carbonyl (C=O) groups is 1. The molecule has 5 N–H and O–H groups in total. The van der Waals surface area contributed by atoms with Crippen molar-refractivity contribution in [2.75, 3.05) is 6.54 Å². The molecule has 4 nitrogen and oxygen atoms in total. The van der Waals surface area contributed by atoms with Gasteiger partial charge in [0.2, 0.25) is 0 Å². The maximum atomic E-state index is 12.3. The van der Waals surface area contributed by atoms with Crippen molar-refractivity contribution in [3.05, 3.63) is 36.0 Å². The van der Waals surface area contributed by atoms with E-state index in [4.69, 9.17) is 0 Å². The number of hydrogen-bond donors (Lipinski definition) is 3. The lowest BCUT2D eigenvalue weighted by Gasteiger charge is -2.09. The lowest BCUT2D eigenvalue weighted by molar-refractivity contribution is -0.403. The highest BCUT2D eigenvalue weighted by Gasteiger charge is 2.18. The van der Waals surface area contributed by atoms with Gasteiger partial charge in [0, 0.05) is 30.1 Å². The quantitative estimate of drug-likeness (QED) is 0.424. The standard InChI is InChI=1S/C23H37N3O/c1-2-3-4-5-6-7-8-9-10-13-16-25-23(27)21(24)17-19-18-26-22-15-12-11-14-20(19)22/h11-12,14-15,18,21,26H,2-10,13,16-17,24H2,1H3,(H,25,27)/p+1. The Bertz CT molecular complexity index is 664. The summed E-state index contributed by atoms with van der Waals surface area (Å²) in [5, 5.41) is 4.25. The van der Waals surface area contributed by atoms with Crippen LogP contribution in [0.5, 0.6) is 0 Å². The van der Waals surface area contributed by atoms with Crippen molar-refractivity contribution in [3.63, 3.8) is 0 Å². The monoisotopic (exact) mass is 372 g/mol. The Morgan fingerprint density at radius 3 is 2.33 bits per heavy atom. The van der Waals surface area contributed by atoms with E-state index in [-0.39, 0.29) is 11.9 Å². The van der Waals surface area contributed by atoms with E-state index in [1.165, 1.54) is 68.7 Å². The number of H-pyrrole nitrogens is 1. The fraction of sp³-hybridized carbons (Fsp3) is 0.609. The lowest BCUT2D eigenvalue weighted by Crippen LogP contribution is -2.68. The second kappa shape index (κ2) is 12.6. The molecule has 1 aromatic heterocycles. The van der Waals surface area contributed by atoms with E-state index in [9.17, 15) is 4.79 Å². The number of benzene rings is 1. The summed E-state index contributed by atoms with van der Waals surface area (Å²) in [6.45, 7) is 3.03. The number of rotatable bonds is 14. The van der Waals surface area contributed by atoms with Gasteiger partial charge in [-0.05, 0) is 18.1 Å². The number of para-hydroxylation sites is 1. The normalized spacial score (nSPS) is 12.4. The highest BCUT2D eigenvalue weighted by Crippen LogP contribution is 2.18. The van der Waals surface area contributed by atoms with Crippen molar-refractivity contribution >= 4 is 16.8 Å². The van der Waals surface area contributed by atoms with Crippen LogP contribution in [-0.4, -0.2) is 23.5 Å². The molecule has 27 heavy (non-hydrogen) atoms. The van der Waals surface area contributed by atoms with E-state index in [0.717, 1.165) is 18.5 Å². The summed E-state index contributed by atoms with van der Waals surface area (Å²) >= 11 is 0. The van der Waals surface area contributed by atoms with Gasteiger partial charge < -0.3 is 16.0 Å². The van der Waals surface area contributed by atoms with Gasteiger partial charge >= 0.3 is 0 Å². The highest BCUT2D eigenvalue weighted by molar-refractivity contribution is 5.85. The van der Waals surface area contributed by atoms with Gasteiger partial charge in [-0.1, -0.05) is 82.9 Å². The lowest BCUT2D eigenvalue weighted by atomic mass is 10.0. The third kappa shape index (κ3) is 7.76. The van der Waals surface area contributed by atoms with Gasteiger partial charge in [0.15, 0.2) is 6.04 Å². The molecule has 0 spiro atoms. The Kier molecular flexibility index (Phi) is 9.99. The summed E-state index contributed by atoms with van der Waals surface area (Å²) in [6.07, 6.45) is 15.8. The van der Waals surface area contributed by atoms with Crippen LogP contribution in [0.15, 0.2) is 30.5 Å². The molecule has 0 aliphatic rings. The van der Waals surface area contributed by atoms with Crippen molar-refractivity contribution < 1.29 is 10.5 Å². The van der Waals surface area contributed by atoms with Crippen LogP contribution in [-0.2, 0) is 11.2 Å². The molecule has 0 saturated heterocycles. The smallest absolute Gasteiger partial charge is 0.278 e. The number of aromatic amines is 1. The second-order valence-corrected chi connectivity index (χ2v) is 7.73. The van der Waals surface area contributed by atoms with Gasteiger partial charge in [0.25, 0.3) is 5.91 Å². The molecule has 2 aromatic rings. The fourth-order valence-corrected chi connectivity index (χ4v) is 3.63. The maximum Gasteiger partial charge on any atom is 0.278 e. The fourth-order valence-electron chi connectivity index (χ4n) is 3.63. The van der Waals surface area contributed by atoms with Crippen LogP contribution in [0.25, 0.3) is 10.9 Å². The van der Waals surface area contributed by atoms with E-state index in [1.54, 1.807) is 0 Å². The topological polar surface area (TPSA) is 72.5 Å². The van der Waals surface area contributed by atoms with Crippen LogP contribution in [0, 0.1) is 0 Å². The predicted molar refractivity (Wildman–Crippen MR) is 114 cm³/mol. The summed E-state index contributed by atoms with van der Waals surface area (Å²) in [5.74, 6) is 0.0659. The average Bonchev–Trinajstić information content (AvgIpc) is 3.09. The van der Waals surface area contributed by atoms with Crippen molar-refractivity contribution in [1.29, 1.82) is 0 Å². The number of aromatic nitrogens is 1. The van der Waals surface area contributed by atoms with Crippen LogP contribution in [0.4, 0.5) is 0 Å². The number of fused-ring (bicyclic) bond motifs is 1. The van der Waals surface area contributed by atoms with E-state index in [1.807, 2.05) is 18.3 Å². The first-order chi connectivity index (χ1) is 13.2. The Labute approximate surface area is 164 Å². The zero-order valence-corrected chi connectivity index (χ0v) is 17.1. The zero-order chi connectivity index (χ0) is 19.3. The number of amides is 1. The summed E-state index contributed by atoms with van der Waals surface area (Å²) in [4.78, 5) is 15.5. The van der Waals surface area contributed by atoms with E-state index >= 15 is 0 Å². The van der Waals surface area contributed by atoms with Crippen molar-refractivity contribution in [1.82, 2.24) is 10.3 Å². The molecule has 1 unspecified atom stereocenters. The van der Waals surface area contributed by atoms with Crippen molar-refractivity contribution in [3.8, 4) is 0 Å². The summed E-state index contributed by atoms with van der Waals surface area (Å²) in [5.41, 5.74) is 6.35. The minimum absolute atomic E-state index is 0.0659. The second-order valence-electron chi connectivity index (χ2n) is 7.73. The third-order valence-corrected chi connectivity index (χ3v) is 5.34. The first-order valence-electron chi connectivity index (χ1n) is 10.9. The van der Waals surface area contributed by atoms with Gasteiger partial charge in [-0.15, -0.1) is 0 Å². The molecular formula is C23H38N3O+.